The summed E-state index contributed by atoms with van der Waals surface area (Å²) in [6, 6.07) is 10.5. The van der Waals surface area contributed by atoms with Crippen LogP contribution in [0, 0.1) is 17.0 Å². The van der Waals surface area contributed by atoms with Crippen LogP contribution < -0.4 is 14.8 Å². The Morgan fingerprint density at radius 3 is 2.34 bits per heavy atom. The lowest BCUT2D eigenvalue weighted by molar-refractivity contribution is -0.385. The van der Waals surface area contributed by atoms with Crippen LogP contribution in [-0.4, -0.2) is 37.0 Å². The van der Waals surface area contributed by atoms with Crippen LogP contribution in [0.25, 0.3) is 0 Å². The fourth-order valence-corrected chi connectivity index (χ4v) is 5.27. The van der Waals surface area contributed by atoms with Gasteiger partial charge in [-0.1, -0.05) is 18.2 Å². The number of esters is 1. The number of rotatable bonds is 7. The summed E-state index contributed by atoms with van der Waals surface area (Å²) in [6.07, 6.45) is 0.360. The van der Waals surface area contributed by atoms with Crippen molar-refractivity contribution in [1.29, 1.82) is 0 Å². The number of carbonyl (C=O) groups excluding carboxylic acids is 2. The number of nitro benzene ring substituents is 1. The second-order valence-corrected chi connectivity index (χ2v) is 9.89. The Morgan fingerprint density at radius 2 is 1.71 bits per heavy atom. The third-order valence-electron chi connectivity index (χ3n) is 7.03. The van der Waals surface area contributed by atoms with E-state index in [0.717, 1.165) is 5.56 Å². The number of nitro groups is 1. The third-order valence-corrected chi connectivity index (χ3v) is 7.03. The molecule has 1 heterocycles. The van der Waals surface area contributed by atoms with Crippen LogP contribution in [0.2, 0.25) is 0 Å². The van der Waals surface area contributed by atoms with E-state index in [9.17, 15) is 19.7 Å². The Morgan fingerprint density at radius 1 is 1.03 bits per heavy atom. The van der Waals surface area contributed by atoms with Crippen LogP contribution in [0.15, 0.2) is 58.9 Å². The number of dihydropyridines is 1. The summed E-state index contributed by atoms with van der Waals surface area (Å²) in [7, 11) is 3.13. The van der Waals surface area contributed by atoms with Gasteiger partial charge >= 0.3 is 5.97 Å². The number of ketones is 1. The quantitative estimate of drug-likeness (QED) is 0.300. The van der Waals surface area contributed by atoms with Crippen LogP contribution in [0.1, 0.15) is 62.1 Å². The van der Waals surface area contributed by atoms with Crippen molar-refractivity contribution in [3.63, 3.8) is 0 Å². The number of ether oxygens (including phenoxy) is 3. The zero-order valence-electron chi connectivity index (χ0n) is 22.4. The van der Waals surface area contributed by atoms with Crippen molar-refractivity contribution in [3.8, 4) is 11.5 Å². The monoisotopic (exact) mass is 520 g/mol. The lowest BCUT2D eigenvalue weighted by Gasteiger charge is -2.37. The van der Waals surface area contributed by atoms with Gasteiger partial charge in [0.1, 0.15) is 0 Å². The Balaban J connectivity index is 1.82. The fourth-order valence-electron chi connectivity index (χ4n) is 5.27. The zero-order valence-corrected chi connectivity index (χ0v) is 22.4. The Labute approximate surface area is 221 Å². The first-order valence-corrected chi connectivity index (χ1v) is 12.5. The van der Waals surface area contributed by atoms with E-state index in [4.69, 9.17) is 14.2 Å². The molecule has 9 nitrogen and oxygen atoms in total. The number of Topliss-reactive ketones (excluding diaryl/α,β-unsaturated/α-hetero) is 1. The summed E-state index contributed by atoms with van der Waals surface area (Å²) in [5.41, 5.74) is 3.86. The maximum atomic E-state index is 13.8. The van der Waals surface area contributed by atoms with E-state index in [1.807, 2.05) is 18.2 Å². The maximum Gasteiger partial charge on any atom is 0.337 e. The summed E-state index contributed by atoms with van der Waals surface area (Å²) in [6.45, 7) is 6.92. The van der Waals surface area contributed by atoms with Crippen molar-refractivity contribution >= 4 is 17.4 Å². The number of hydrogen-bond donors (Lipinski definition) is 1. The molecule has 0 saturated carbocycles. The number of nitrogens with zero attached hydrogens (tertiary/aromatic N) is 1. The molecule has 2 aromatic carbocycles. The number of nitrogens with one attached hydrogen (secondary N) is 1. The minimum Gasteiger partial charge on any atom is -0.493 e. The highest BCUT2D eigenvalue weighted by Gasteiger charge is 2.42. The second-order valence-electron chi connectivity index (χ2n) is 9.89. The molecule has 0 fully saturated rings. The molecule has 0 radical (unpaired) electrons. The van der Waals surface area contributed by atoms with E-state index < -0.39 is 16.8 Å². The molecule has 0 aromatic heterocycles. The lowest BCUT2D eigenvalue weighted by Crippen LogP contribution is -2.36. The van der Waals surface area contributed by atoms with E-state index in [1.54, 1.807) is 54.0 Å². The molecule has 2 aromatic rings. The first-order chi connectivity index (χ1) is 18.0. The zero-order chi connectivity index (χ0) is 27.7. The van der Waals surface area contributed by atoms with Crippen molar-refractivity contribution in [2.24, 2.45) is 0 Å². The van der Waals surface area contributed by atoms with Crippen LogP contribution in [0.3, 0.4) is 0 Å². The lowest BCUT2D eigenvalue weighted by atomic mass is 9.71. The van der Waals surface area contributed by atoms with Crippen molar-refractivity contribution in [2.75, 3.05) is 14.2 Å². The largest absolute Gasteiger partial charge is 0.493 e. The first-order valence-electron chi connectivity index (χ1n) is 12.5. The standard InChI is InChI=1S/C29H32N2O7/c1-15(2)38-29(33)26-17(4)30-21-11-20(18-9-10-24(36-5)25(14-18)37-6)13-23(32)28(21)27(26)19-8-7-16(3)22(12-19)31(34)35/h7-10,12,14-15,20,27,30H,11,13H2,1-6H3/t20-,27-/m0/s1. The Hall–Kier alpha value is -4.14. The highest BCUT2D eigenvalue weighted by molar-refractivity contribution is 6.04. The van der Waals surface area contributed by atoms with Gasteiger partial charge in [-0.3, -0.25) is 14.9 Å². The number of carbonyl (C=O) groups is 2. The number of hydrogen-bond acceptors (Lipinski definition) is 8. The predicted molar refractivity (Wildman–Crippen MR) is 141 cm³/mol. The van der Waals surface area contributed by atoms with E-state index in [2.05, 4.69) is 5.32 Å². The van der Waals surface area contributed by atoms with Crippen LogP contribution in [-0.2, 0) is 14.3 Å². The molecule has 0 bridgehead atoms. The second kappa shape index (κ2) is 10.7. The average molecular weight is 521 g/mol. The molecule has 1 aliphatic carbocycles. The molecule has 0 amide bonds. The number of aryl methyl sites for hydroxylation is 1. The van der Waals surface area contributed by atoms with Gasteiger partial charge in [0.2, 0.25) is 0 Å². The topological polar surface area (TPSA) is 117 Å². The molecule has 0 spiro atoms. The summed E-state index contributed by atoms with van der Waals surface area (Å²) < 4.78 is 16.3. The van der Waals surface area contributed by atoms with Gasteiger partial charge in [-0.15, -0.1) is 0 Å². The predicted octanol–water partition coefficient (Wildman–Crippen LogP) is 5.23. The third kappa shape index (κ3) is 5.01. The van der Waals surface area contributed by atoms with Crippen LogP contribution in [0.5, 0.6) is 11.5 Å². The molecule has 2 aliphatic rings. The normalized spacial score (nSPS) is 19.2. The van der Waals surface area contributed by atoms with Crippen molar-refractivity contribution in [3.05, 3.63) is 85.7 Å². The van der Waals surface area contributed by atoms with Gasteiger partial charge in [-0.05, 0) is 63.3 Å². The highest BCUT2D eigenvalue weighted by atomic mass is 16.6. The number of benzene rings is 2. The molecular weight excluding hydrogens is 488 g/mol. The van der Waals surface area contributed by atoms with Crippen molar-refractivity contribution in [2.45, 2.75) is 58.5 Å². The number of allylic oxidation sites excluding steroid dienone is 3. The summed E-state index contributed by atoms with van der Waals surface area (Å²) in [5, 5.41) is 15.0. The first kappa shape index (κ1) is 26.9. The molecule has 2 atom stereocenters. The molecular formula is C29H32N2O7. The van der Waals surface area contributed by atoms with Crippen LogP contribution in [0.4, 0.5) is 5.69 Å². The molecule has 1 N–H and O–H groups in total. The summed E-state index contributed by atoms with van der Waals surface area (Å²) in [5.74, 6) is -0.418. The van der Waals surface area contributed by atoms with Gasteiger partial charge in [0.05, 0.1) is 30.8 Å². The van der Waals surface area contributed by atoms with Gasteiger partial charge in [0.25, 0.3) is 5.69 Å². The van der Waals surface area contributed by atoms with Gasteiger partial charge < -0.3 is 19.5 Å². The van der Waals surface area contributed by atoms with Gasteiger partial charge in [-0.2, -0.15) is 0 Å². The van der Waals surface area contributed by atoms with Gasteiger partial charge in [0, 0.05) is 40.9 Å². The van der Waals surface area contributed by atoms with Gasteiger partial charge in [0.15, 0.2) is 17.3 Å². The average Bonchev–Trinajstić information content (AvgIpc) is 2.86. The van der Waals surface area contributed by atoms with Gasteiger partial charge in [-0.25, -0.2) is 4.79 Å². The smallest absolute Gasteiger partial charge is 0.337 e. The minimum atomic E-state index is -0.782. The molecule has 200 valence electrons. The molecule has 9 heteroatoms. The number of methoxy groups -OCH3 is 2. The Kier molecular flexibility index (Phi) is 7.57. The maximum absolute atomic E-state index is 13.8. The molecule has 0 saturated heterocycles. The van der Waals surface area contributed by atoms with E-state index in [1.165, 1.54) is 6.07 Å². The highest BCUT2D eigenvalue weighted by Crippen LogP contribution is 2.47. The summed E-state index contributed by atoms with van der Waals surface area (Å²) in [4.78, 5) is 38.3. The van der Waals surface area contributed by atoms with E-state index in [0.29, 0.717) is 46.0 Å². The summed E-state index contributed by atoms with van der Waals surface area (Å²) >= 11 is 0. The van der Waals surface area contributed by atoms with E-state index in [-0.39, 0.29) is 35.5 Å². The fraction of sp³-hybridized carbons (Fsp3) is 0.379. The minimum absolute atomic E-state index is 0.0659. The van der Waals surface area contributed by atoms with Crippen LogP contribution >= 0.6 is 0 Å². The SMILES string of the molecule is COc1ccc([C@@H]2CC(=O)C3=C(C2)NC(C)=C(C(=O)OC(C)C)[C@@H]3c2ccc(C)c([N+](=O)[O-])c2)cc1OC. The van der Waals surface area contributed by atoms with E-state index >= 15 is 0 Å². The molecule has 1 aliphatic heterocycles. The van der Waals surface area contributed by atoms with Crippen molar-refractivity contribution in [1.82, 2.24) is 5.32 Å². The van der Waals surface area contributed by atoms with Crippen molar-refractivity contribution < 1.29 is 28.7 Å². The Bertz CT molecular complexity index is 1370. The molecule has 4 rings (SSSR count). The molecule has 38 heavy (non-hydrogen) atoms. The molecule has 0 unspecified atom stereocenters.